The molecule has 2 aromatic rings. The number of carbonyl (C=O) groups excluding carboxylic acids is 3. The van der Waals surface area contributed by atoms with Gasteiger partial charge in [-0.3, -0.25) is 14.4 Å². The minimum atomic E-state index is -0.901. The number of carbonyl (C=O) groups is 3. The van der Waals surface area contributed by atoms with Gasteiger partial charge in [-0.1, -0.05) is 18.2 Å². The molecule has 2 aliphatic heterocycles. The molecule has 30 heavy (non-hydrogen) atoms. The molecular formula is C23H23N3O4. The Labute approximate surface area is 174 Å². The molecular weight excluding hydrogens is 382 g/mol. The highest BCUT2D eigenvalue weighted by Crippen LogP contribution is 2.39. The van der Waals surface area contributed by atoms with E-state index in [1.807, 2.05) is 24.3 Å². The Hall–Kier alpha value is -3.61. The zero-order chi connectivity index (χ0) is 21.1. The second kappa shape index (κ2) is 8.02. The van der Waals surface area contributed by atoms with Gasteiger partial charge in [0.25, 0.3) is 5.91 Å². The van der Waals surface area contributed by atoms with Crippen molar-refractivity contribution in [1.29, 1.82) is 0 Å². The number of nitrogens with one attached hydrogen (secondary N) is 2. The van der Waals surface area contributed by atoms with Crippen molar-refractivity contribution in [1.82, 2.24) is 4.90 Å². The summed E-state index contributed by atoms with van der Waals surface area (Å²) in [6.07, 6.45) is 4.26. The van der Waals surface area contributed by atoms with E-state index >= 15 is 0 Å². The number of likely N-dealkylation sites (tertiary alicyclic amines) is 1. The van der Waals surface area contributed by atoms with Crippen LogP contribution in [0.15, 0.2) is 60.7 Å². The zero-order valence-electron chi connectivity index (χ0n) is 16.7. The Morgan fingerprint density at radius 2 is 1.90 bits per heavy atom. The van der Waals surface area contributed by atoms with Gasteiger partial charge in [0.15, 0.2) is 0 Å². The lowest BCUT2D eigenvalue weighted by molar-refractivity contribution is -0.139. The molecule has 0 aliphatic carbocycles. The summed E-state index contributed by atoms with van der Waals surface area (Å²) in [5.74, 6) is -0.236. The summed E-state index contributed by atoms with van der Waals surface area (Å²) in [5, 5.41) is 5.64. The number of hydrogen-bond acceptors (Lipinski definition) is 4. The predicted molar refractivity (Wildman–Crippen MR) is 113 cm³/mol. The predicted octanol–water partition coefficient (Wildman–Crippen LogP) is 2.75. The second-order valence-electron chi connectivity index (χ2n) is 7.46. The van der Waals surface area contributed by atoms with Crippen LogP contribution in [0.2, 0.25) is 0 Å². The van der Waals surface area contributed by atoms with E-state index in [1.165, 1.54) is 12.2 Å². The minimum absolute atomic E-state index is 0.164. The highest BCUT2D eigenvalue weighted by molar-refractivity contribution is 6.07. The maximum atomic E-state index is 12.9. The molecule has 7 heteroatoms. The average Bonchev–Trinajstić information content (AvgIpc) is 3.18. The van der Waals surface area contributed by atoms with Gasteiger partial charge in [0.2, 0.25) is 11.8 Å². The van der Waals surface area contributed by atoms with Crippen molar-refractivity contribution < 1.29 is 19.1 Å². The van der Waals surface area contributed by atoms with Gasteiger partial charge >= 0.3 is 0 Å². The topological polar surface area (TPSA) is 87.7 Å². The first kappa shape index (κ1) is 19.7. The molecule has 1 saturated heterocycles. The Morgan fingerprint density at radius 3 is 2.67 bits per heavy atom. The summed E-state index contributed by atoms with van der Waals surface area (Å²) in [5.41, 5.74) is 1.50. The summed E-state index contributed by atoms with van der Waals surface area (Å²) in [6.45, 7) is 0.485. The average molecular weight is 405 g/mol. The van der Waals surface area contributed by atoms with Crippen molar-refractivity contribution in [2.75, 3.05) is 24.3 Å². The van der Waals surface area contributed by atoms with Crippen molar-refractivity contribution in [2.24, 2.45) is 0 Å². The van der Waals surface area contributed by atoms with Gasteiger partial charge < -0.3 is 20.3 Å². The van der Waals surface area contributed by atoms with Gasteiger partial charge in [0, 0.05) is 36.5 Å². The lowest BCUT2D eigenvalue weighted by atomic mass is 9.83. The Morgan fingerprint density at radius 1 is 1.13 bits per heavy atom. The quantitative estimate of drug-likeness (QED) is 0.766. The lowest BCUT2D eigenvalue weighted by Gasteiger charge is -2.40. The Balaban J connectivity index is 1.46. The molecule has 3 amide bonds. The summed E-state index contributed by atoms with van der Waals surface area (Å²) in [6, 6.07) is 14.5. The first-order valence-corrected chi connectivity index (χ1v) is 9.86. The van der Waals surface area contributed by atoms with Gasteiger partial charge in [0.05, 0.1) is 7.11 Å². The molecule has 7 nitrogen and oxygen atoms in total. The molecule has 4 rings (SSSR count). The van der Waals surface area contributed by atoms with Crippen LogP contribution in [0.5, 0.6) is 5.75 Å². The molecule has 2 N–H and O–H groups in total. The number of fused-ring (bicyclic) bond motifs is 1. The third kappa shape index (κ3) is 3.66. The zero-order valence-corrected chi connectivity index (χ0v) is 16.7. The maximum absolute atomic E-state index is 12.9. The van der Waals surface area contributed by atoms with Crippen LogP contribution in [0, 0.1) is 0 Å². The number of hydrogen-bond donors (Lipinski definition) is 2. The highest BCUT2D eigenvalue weighted by atomic mass is 16.5. The summed E-state index contributed by atoms with van der Waals surface area (Å²) in [4.78, 5) is 39.6. The molecule has 1 spiro atoms. The van der Waals surface area contributed by atoms with Gasteiger partial charge in [-0.05, 0) is 48.7 Å². The van der Waals surface area contributed by atoms with E-state index in [4.69, 9.17) is 4.74 Å². The van der Waals surface area contributed by atoms with E-state index in [-0.39, 0.29) is 11.8 Å². The van der Waals surface area contributed by atoms with Gasteiger partial charge in [-0.15, -0.1) is 0 Å². The van der Waals surface area contributed by atoms with Crippen molar-refractivity contribution in [2.45, 2.75) is 24.8 Å². The van der Waals surface area contributed by atoms with Gasteiger partial charge in [-0.25, -0.2) is 0 Å². The molecule has 2 aliphatic rings. The number of para-hydroxylation sites is 1. The van der Waals surface area contributed by atoms with E-state index in [1.54, 1.807) is 36.3 Å². The highest BCUT2D eigenvalue weighted by Gasteiger charge is 2.51. The first-order chi connectivity index (χ1) is 14.5. The number of methoxy groups -OCH3 is 1. The largest absolute Gasteiger partial charge is 0.497 e. The van der Waals surface area contributed by atoms with E-state index in [2.05, 4.69) is 10.6 Å². The number of rotatable bonds is 4. The molecule has 0 bridgehead atoms. The fourth-order valence-corrected chi connectivity index (χ4v) is 4.15. The molecule has 0 radical (unpaired) electrons. The van der Waals surface area contributed by atoms with Crippen LogP contribution >= 0.6 is 0 Å². The van der Waals surface area contributed by atoms with Crippen LogP contribution < -0.4 is 15.4 Å². The number of amides is 3. The van der Waals surface area contributed by atoms with Crippen LogP contribution in [-0.4, -0.2) is 41.8 Å². The number of anilines is 2. The standard InChI is InChI=1S/C23H23N3O4/c1-30-18-9-7-17(8-10-18)24-20(27)11-12-21(28)26-14-4-13-23(26)15-16-5-2-3-6-19(16)25-22(23)29/h2-3,5-12H,4,13-15H2,1H3,(H,24,27)(H,25,29)/b12-11+. The number of nitrogens with zero attached hydrogens (tertiary/aromatic N) is 1. The number of benzene rings is 2. The molecule has 1 fully saturated rings. The summed E-state index contributed by atoms with van der Waals surface area (Å²) >= 11 is 0. The second-order valence-corrected chi connectivity index (χ2v) is 7.46. The Bertz CT molecular complexity index is 1020. The molecule has 0 saturated carbocycles. The molecule has 2 aromatic carbocycles. The monoisotopic (exact) mass is 405 g/mol. The summed E-state index contributed by atoms with van der Waals surface area (Å²) in [7, 11) is 1.57. The van der Waals surface area contributed by atoms with Crippen LogP contribution in [-0.2, 0) is 20.8 Å². The van der Waals surface area contributed by atoms with Gasteiger partial charge in [0.1, 0.15) is 11.3 Å². The van der Waals surface area contributed by atoms with Crippen molar-refractivity contribution in [3.8, 4) is 5.75 Å². The van der Waals surface area contributed by atoms with Crippen molar-refractivity contribution in [3.05, 3.63) is 66.2 Å². The number of ether oxygens (including phenoxy) is 1. The minimum Gasteiger partial charge on any atom is -0.497 e. The SMILES string of the molecule is COc1ccc(NC(=O)/C=C/C(=O)N2CCCC23Cc2ccccc2NC3=O)cc1. The molecule has 0 aromatic heterocycles. The molecule has 1 atom stereocenters. The first-order valence-electron chi connectivity index (χ1n) is 9.86. The molecule has 1 unspecified atom stereocenters. The van der Waals surface area contributed by atoms with Crippen molar-refractivity contribution in [3.63, 3.8) is 0 Å². The van der Waals surface area contributed by atoms with Gasteiger partial charge in [-0.2, -0.15) is 0 Å². The lowest BCUT2D eigenvalue weighted by Crippen LogP contribution is -2.58. The third-order valence-corrected chi connectivity index (χ3v) is 5.66. The van der Waals surface area contributed by atoms with E-state index in [0.29, 0.717) is 30.8 Å². The van der Waals surface area contributed by atoms with E-state index < -0.39 is 11.4 Å². The normalized spacial score (nSPS) is 20.2. The fraction of sp³-hybridized carbons (Fsp3) is 0.261. The van der Waals surface area contributed by atoms with E-state index in [9.17, 15) is 14.4 Å². The smallest absolute Gasteiger partial charge is 0.250 e. The van der Waals surface area contributed by atoms with Crippen LogP contribution in [0.1, 0.15) is 18.4 Å². The fourth-order valence-electron chi connectivity index (χ4n) is 4.15. The van der Waals surface area contributed by atoms with E-state index in [0.717, 1.165) is 17.7 Å². The summed E-state index contributed by atoms with van der Waals surface area (Å²) < 4.78 is 5.09. The maximum Gasteiger partial charge on any atom is 0.250 e. The van der Waals surface area contributed by atoms with Crippen molar-refractivity contribution >= 4 is 29.1 Å². The molecule has 154 valence electrons. The van der Waals surface area contributed by atoms with Crippen LogP contribution in [0.25, 0.3) is 0 Å². The third-order valence-electron chi connectivity index (χ3n) is 5.66. The molecule has 2 heterocycles. The van der Waals surface area contributed by atoms with Crippen LogP contribution in [0.4, 0.5) is 11.4 Å². The van der Waals surface area contributed by atoms with Crippen LogP contribution in [0.3, 0.4) is 0 Å². The Kier molecular flexibility index (Phi) is 5.27.